The summed E-state index contributed by atoms with van der Waals surface area (Å²) in [4.78, 5) is 4.02. The molecule has 0 spiro atoms. The highest BCUT2D eigenvalue weighted by atomic mass is 19.1. The lowest BCUT2D eigenvalue weighted by molar-refractivity contribution is 0.288. The lowest BCUT2D eigenvalue weighted by atomic mass is 10.2. The summed E-state index contributed by atoms with van der Waals surface area (Å²) in [6, 6.07) is 9.03. The second kappa shape index (κ2) is 7.59. The van der Waals surface area contributed by atoms with Crippen molar-refractivity contribution in [2.45, 2.75) is 20.1 Å². The van der Waals surface area contributed by atoms with E-state index in [9.17, 15) is 4.39 Å². The summed E-state index contributed by atoms with van der Waals surface area (Å²) in [6.45, 7) is 3.69. The standard InChI is InChI=1S/C16H19FN2O2/c1-3-18-9-13-8-14(17)10-19-16(13)21-11-12-4-6-15(20-2)7-5-12/h4-8,10,18H,3,9,11H2,1-2H3. The monoisotopic (exact) mass is 290 g/mol. The van der Waals surface area contributed by atoms with Gasteiger partial charge in [-0.15, -0.1) is 0 Å². The van der Waals surface area contributed by atoms with Crippen LogP contribution in [-0.4, -0.2) is 18.6 Å². The summed E-state index contributed by atoms with van der Waals surface area (Å²) in [5.41, 5.74) is 1.71. The van der Waals surface area contributed by atoms with Crippen LogP contribution in [0.5, 0.6) is 11.6 Å². The molecular weight excluding hydrogens is 271 g/mol. The molecule has 112 valence electrons. The lowest BCUT2D eigenvalue weighted by Gasteiger charge is -2.11. The Labute approximate surface area is 123 Å². The van der Waals surface area contributed by atoms with Gasteiger partial charge in [-0.3, -0.25) is 0 Å². The van der Waals surface area contributed by atoms with Gasteiger partial charge in [0.2, 0.25) is 5.88 Å². The Morgan fingerprint density at radius 2 is 2.00 bits per heavy atom. The van der Waals surface area contributed by atoms with E-state index in [0.717, 1.165) is 17.9 Å². The van der Waals surface area contributed by atoms with Crippen LogP contribution >= 0.6 is 0 Å². The number of ether oxygens (including phenoxy) is 2. The molecule has 0 unspecified atom stereocenters. The number of hydrogen-bond donors (Lipinski definition) is 1. The maximum Gasteiger partial charge on any atom is 0.218 e. The van der Waals surface area contributed by atoms with Crippen molar-refractivity contribution < 1.29 is 13.9 Å². The van der Waals surface area contributed by atoms with Crippen molar-refractivity contribution in [3.05, 3.63) is 53.5 Å². The molecule has 0 fully saturated rings. The van der Waals surface area contributed by atoms with Crippen molar-refractivity contribution in [2.75, 3.05) is 13.7 Å². The first-order valence-electron chi connectivity index (χ1n) is 6.83. The quantitative estimate of drug-likeness (QED) is 0.851. The van der Waals surface area contributed by atoms with Gasteiger partial charge in [-0.2, -0.15) is 0 Å². The number of nitrogens with one attached hydrogen (secondary N) is 1. The number of nitrogens with zero attached hydrogens (tertiary/aromatic N) is 1. The van der Waals surface area contributed by atoms with Crippen LogP contribution < -0.4 is 14.8 Å². The molecule has 0 saturated carbocycles. The normalized spacial score (nSPS) is 10.4. The molecule has 0 radical (unpaired) electrons. The predicted octanol–water partition coefficient (Wildman–Crippen LogP) is 2.92. The highest BCUT2D eigenvalue weighted by Gasteiger charge is 2.07. The highest BCUT2D eigenvalue weighted by Crippen LogP contribution is 2.18. The lowest BCUT2D eigenvalue weighted by Crippen LogP contribution is -2.13. The molecule has 0 saturated heterocycles. The van der Waals surface area contributed by atoms with Crippen LogP contribution in [0.15, 0.2) is 36.5 Å². The SMILES string of the molecule is CCNCc1cc(F)cnc1OCc1ccc(OC)cc1. The van der Waals surface area contributed by atoms with Crippen molar-refractivity contribution in [1.29, 1.82) is 0 Å². The second-order valence-corrected chi connectivity index (χ2v) is 4.53. The van der Waals surface area contributed by atoms with E-state index in [-0.39, 0.29) is 5.82 Å². The molecule has 21 heavy (non-hydrogen) atoms. The van der Waals surface area contributed by atoms with Crippen LogP contribution in [0, 0.1) is 5.82 Å². The number of methoxy groups -OCH3 is 1. The van der Waals surface area contributed by atoms with Crippen LogP contribution in [0.1, 0.15) is 18.1 Å². The molecule has 0 aliphatic carbocycles. The maximum atomic E-state index is 13.3. The number of rotatable bonds is 7. The van der Waals surface area contributed by atoms with E-state index in [2.05, 4.69) is 10.3 Å². The number of benzene rings is 1. The number of pyridine rings is 1. The van der Waals surface area contributed by atoms with E-state index >= 15 is 0 Å². The van der Waals surface area contributed by atoms with Crippen molar-refractivity contribution >= 4 is 0 Å². The molecule has 5 heteroatoms. The highest BCUT2D eigenvalue weighted by molar-refractivity contribution is 5.29. The van der Waals surface area contributed by atoms with Gasteiger partial charge in [0.15, 0.2) is 0 Å². The van der Waals surface area contributed by atoms with Gasteiger partial charge in [-0.25, -0.2) is 9.37 Å². The van der Waals surface area contributed by atoms with E-state index in [0.29, 0.717) is 24.6 Å². The van der Waals surface area contributed by atoms with Gasteiger partial charge in [0.1, 0.15) is 18.2 Å². The van der Waals surface area contributed by atoms with Gasteiger partial charge in [0.25, 0.3) is 0 Å². The molecule has 1 aromatic heterocycles. The molecule has 1 aromatic carbocycles. The second-order valence-electron chi connectivity index (χ2n) is 4.53. The van der Waals surface area contributed by atoms with Crippen molar-refractivity contribution in [2.24, 2.45) is 0 Å². The molecule has 1 N–H and O–H groups in total. The zero-order valence-electron chi connectivity index (χ0n) is 12.2. The van der Waals surface area contributed by atoms with E-state index in [1.165, 1.54) is 12.3 Å². The van der Waals surface area contributed by atoms with Crippen molar-refractivity contribution in [3.63, 3.8) is 0 Å². The summed E-state index contributed by atoms with van der Waals surface area (Å²) in [7, 11) is 1.63. The fraction of sp³-hybridized carbons (Fsp3) is 0.312. The molecule has 0 aliphatic rings. The van der Waals surface area contributed by atoms with Gasteiger partial charge < -0.3 is 14.8 Å². The first-order chi connectivity index (χ1) is 10.2. The Hall–Kier alpha value is -2.14. The predicted molar refractivity (Wildman–Crippen MR) is 78.9 cm³/mol. The zero-order valence-corrected chi connectivity index (χ0v) is 12.2. The van der Waals surface area contributed by atoms with Gasteiger partial charge in [0, 0.05) is 12.1 Å². The summed E-state index contributed by atoms with van der Waals surface area (Å²) in [5, 5.41) is 3.14. The minimum atomic E-state index is -0.361. The number of aromatic nitrogens is 1. The first kappa shape index (κ1) is 15.3. The average molecular weight is 290 g/mol. The Kier molecular flexibility index (Phi) is 5.51. The fourth-order valence-corrected chi connectivity index (χ4v) is 1.86. The average Bonchev–Trinajstić information content (AvgIpc) is 2.52. The summed E-state index contributed by atoms with van der Waals surface area (Å²) < 4.78 is 24.1. The Balaban J connectivity index is 2.04. The molecule has 0 amide bonds. The van der Waals surface area contributed by atoms with Crippen molar-refractivity contribution in [1.82, 2.24) is 10.3 Å². The molecule has 2 rings (SSSR count). The molecule has 0 bridgehead atoms. The van der Waals surface area contributed by atoms with Gasteiger partial charge >= 0.3 is 0 Å². The minimum absolute atomic E-state index is 0.361. The first-order valence-corrected chi connectivity index (χ1v) is 6.83. The van der Waals surface area contributed by atoms with Crippen molar-refractivity contribution in [3.8, 4) is 11.6 Å². The van der Waals surface area contributed by atoms with Crippen LogP contribution in [0.2, 0.25) is 0 Å². The topological polar surface area (TPSA) is 43.4 Å². The minimum Gasteiger partial charge on any atom is -0.497 e. The molecule has 4 nitrogen and oxygen atoms in total. The summed E-state index contributed by atoms with van der Waals surface area (Å²) in [6.07, 6.45) is 1.17. The van der Waals surface area contributed by atoms with E-state index < -0.39 is 0 Å². The molecule has 0 atom stereocenters. The van der Waals surface area contributed by atoms with E-state index in [4.69, 9.17) is 9.47 Å². The summed E-state index contributed by atoms with van der Waals surface area (Å²) >= 11 is 0. The van der Waals surface area contributed by atoms with E-state index in [1.54, 1.807) is 7.11 Å². The van der Waals surface area contributed by atoms with E-state index in [1.807, 2.05) is 31.2 Å². The summed E-state index contributed by atoms with van der Waals surface area (Å²) in [5.74, 6) is 0.888. The third-order valence-corrected chi connectivity index (χ3v) is 2.99. The zero-order chi connectivity index (χ0) is 15.1. The van der Waals surface area contributed by atoms with Gasteiger partial charge in [-0.1, -0.05) is 19.1 Å². The largest absolute Gasteiger partial charge is 0.497 e. The molecular formula is C16H19FN2O2. The smallest absolute Gasteiger partial charge is 0.218 e. The van der Waals surface area contributed by atoms with Crippen LogP contribution in [0.25, 0.3) is 0 Å². The van der Waals surface area contributed by atoms with Crippen LogP contribution in [-0.2, 0) is 13.2 Å². The van der Waals surface area contributed by atoms with Crippen LogP contribution in [0.3, 0.4) is 0 Å². The van der Waals surface area contributed by atoms with Gasteiger partial charge in [-0.05, 0) is 30.3 Å². The fourth-order valence-electron chi connectivity index (χ4n) is 1.86. The molecule has 0 aliphatic heterocycles. The Morgan fingerprint density at radius 3 is 2.67 bits per heavy atom. The molecule has 1 heterocycles. The molecule has 2 aromatic rings. The third-order valence-electron chi connectivity index (χ3n) is 2.99. The number of hydrogen-bond acceptors (Lipinski definition) is 4. The Bertz CT molecular complexity index is 573. The van der Waals surface area contributed by atoms with Crippen LogP contribution in [0.4, 0.5) is 4.39 Å². The number of halogens is 1. The maximum absolute atomic E-state index is 13.3. The van der Waals surface area contributed by atoms with Gasteiger partial charge in [0.05, 0.1) is 13.3 Å². The Morgan fingerprint density at radius 1 is 1.24 bits per heavy atom. The third kappa shape index (κ3) is 4.43.